The monoisotopic (exact) mass is 339 g/mol. The second-order valence-electron chi connectivity index (χ2n) is 6.43. The van der Waals surface area contributed by atoms with E-state index in [0.29, 0.717) is 12.5 Å². The van der Waals surface area contributed by atoms with Crippen LogP contribution in [-0.2, 0) is 14.8 Å². The van der Waals surface area contributed by atoms with E-state index in [2.05, 4.69) is 0 Å². The molecule has 7 heteroatoms. The number of nitrogens with two attached hydrogens (primary N) is 1. The molecule has 128 valence electrons. The van der Waals surface area contributed by atoms with Gasteiger partial charge >= 0.3 is 0 Å². The molecule has 0 radical (unpaired) electrons. The Morgan fingerprint density at radius 3 is 2.57 bits per heavy atom. The van der Waals surface area contributed by atoms with Gasteiger partial charge in [0.05, 0.1) is 11.4 Å². The summed E-state index contributed by atoms with van der Waals surface area (Å²) in [7, 11) is -0.0289. The number of nitrogens with zero attached hydrogens (tertiary/aromatic N) is 2. The van der Waals surface area contributed by atoms with Crippen LogP contribution in [0.4, 0.5) is 0 Å². The fourth-order valence-electron chi connectivity index (χ4n) is 2.47. The van der Waals surface area contributed by atoms with E-state index in [1.165, 1.54) is 18.9 Å². The molecule has 1 saturated carbocycles. The highest BCUT2D eigenvalue weighted by Gasteiger charge is 2.26. The lowest BCUT2D eigenvalue weighted by Gasteiger charge is -2.27. The number of sulfonamides is 1. The molecule has 2 N–H and O–H groups in total. The van der Waals surface area contributed by atoms with Crippen LogP contribution in [0.3, 0.4) is 0 Å². The zero-order valence-electron chi connectivity index (χ0n) is 13.9. The Balaban J connectivity index is 2.01. The molecular formula is C16H25N3O3S. The molecule has 0 bridgehead atoms. The number of hydrogen-bond acceptors (Lipinski definition) is 4. The van der Waals surface area contributed by atoms with Crippen LogP contribution in [0.25, 0.3) is 0 Å². The number of carbonyl (C=O) groups is 1. The lowest BCUT2D eigenvalue weighted by Crippen LogP contribution is -2.38. The number of hydrogen-bond donors (Lipinski definition) is 1. The Labute approximate surface area is 138 Å². The molecule has 1 unspecified atom stereocenters. The van der Waals surface area contributed by atoms with Gasteiger partial charge in [0, 0.05) is 19.6 Å². The number of primary sulfonamides is 1. The second-order valence-corrected chi connectivity index (χ2v) is 7.99. The Bertz CT molecular complexity index is 671. The minimum Gasteiger partial charge on any atom is -0.344 e. The summed E-state index contributed by atoms with van der Waals surface area (Å²) in [6.07, 6.45) is 2.43. The lowest BCUT2D eigenvalue weighted by atomic mass is 10.1. The molecule has 23 heavy (non-hydrogen) atoms. The summed E-state index contributed by atoms with van der Waals surface area (Å²) in [5, 5.41) is 5.17. The third-order valence-electron chi connectivity index (χ3n) is 4.37. The minimum atomic E-state index is -3.72. The van der Waals surface area contributed by atoms with Crippen molar-refractivity contribution in [2.45, 2.75) is 30.7 Å². The third kappa shape index (κ3) is 5.02. The predicted molar refractivity (Wildman–Crippen MR) is 89.2 cm³/mol. The minimum absolute atomic E-state index is 0.0776. The number of amides is 1. The molecule has 1 aromatic carbocycles. The Kier molecular flexibility index (Phi) is 5.44. The molecule has 0 aromatic heterocycles. The van der Waals surface area contributed by atoms with E-state index in [1.54, 1.807) is 17.0 Å². The zero-order chi connectivity index (χ0) is 17.2. The van der Waals surface area contributed by atoms with Gasteiger partial charge in [-0.15, -0.1) is 0 Å². The van der Waals surface area contributed by atoms with Crippen LogP contribution >= 0.6 is 0 Å². The van der Waals surface area contributed by atoms with Crippen molar-refractivity contribution >= 4 is 15.9 Å². The standard InChI is InChI=1S/C16H25N3O3S/c1-12(14-5-4-6-15(9-14)23(17,21)22)18(2)11-16(20)19(3)10-13-7-8-13/h4-6,9,12-13H,7-8,10-11H2,1-3H3,(H2,17,21,22). The molecule has 1 aliphatic rings. The maximum atomic E-state index is 12.2. The second kappa shape index (κ2) is 6.98. The molecule has 0 spiro atoms. The normalized spacial score (nSPS) is 16.4. The summed E-state index contributed by atoms with van der Waals surface area (Å²) in [5.41, 5.74) is 0.816. The van der Waals surface area contributed by atoms with Crippen molar-refractivity contribution in [2.75, 3.05) is 27.2 Å². The van der Waals surface area contributed by atoms with Crippen molar-refractivity contribution in [3.05, 3.63) is 29.8 Å². The average molecular weight is 339 g/mol. The largest absolute Gasteiger partial charge is 0.344 e. The van der Waals surface area contributed by atoms with Gasteiger partial charge in [0.25, 0.3) is 0 Å². The summed E-state index contributed by atoms with van der Waals surface area (Å²) in [5.74, 6) is 0.743. The molecule has 1 fully saturated rings. The zero-order valence-corrected chi connectivity index (χ0v) is 14.7. The number of rotatable bonds is 7. The summed E-state index contributed by atoms with van der Waals surface area (Å²) < 4.78 is 22.9. The third-order valence-corrected chi connectivity index (χ3v) is 5.28. The molecule has 0 heterocycles. The van der Waals surface area contributed by atoms with E-state index < -0.39 is 10.0 Å². The lowest BCUT2D eigenvalue weighted by molar-refractivity contribution is -0.131. The number of benzene rings is 1. The topological polar surface area (TPSA) is 83.7 Å². The smallest absolute Gasteiger partial charge is 0.238 e. The molecular weight excluding hydrogens is 314 g/mol. The first-order valence-corrected chi connectivity index (χ1v) is 9.30. The molecule has 1 atom stereocenters. The molecule has 6 nitrogen and oxygen atoms in total. The first kappa shape index (κ1) is 17.9. The first-order valence-electron chi connectivity index (χ1n) is 7.75. The highest BCUT2D eigenvalue weighted by atomic mass is 32.2. The van der Waals surface area contributed by atoms with Gasteiger partial charge in [-0.2, -0.15) is 0 Å². The number of likely N-dealkylation sites (N-methyl/N-ethyl adjacent to an activating group) is 2. The van der Waals surface area contributed by atoms with E-state index in [1.807, 2.05) is 32.0 Å². The fraction of sp³-hybridized carbons (Fsp3) is 0.562. The van der Waals surface area contributed by atoms with Gasteiger partial charge in [-0.3, -0.25) is 9.69 Å². The summed E-state index contributed by atoms with van der Waals surface area (Å²) >= 11 is 0. The van der Waals surface area contributed by atoms with Crippen molar-refractivity contribution in [3.63, 3.8) is 0 Å². The summed E-state index contributed by atoms with van der Waals surface area (Å²) in [4.78, 5) is 16.0. The average Bonchev–Trinajstić information content (AvgIpc) is 3.29. The maximum Gasteiger partial charge on any atom is 0.238 e. The van der Waals surface area contributed by atoms with Crippen LogP contribution in [-0.4, -0.2) is 51.3 Å². The van der Waals surface area contributed by atoms with Crippen LogP contribution in [0.15, 0.2) is 29.2 Å². The van der Waals surface area contributed by atoms with Gasteiger partial charge in [-0.25, -0.2) is 13.6 Å². The van der Waals surface area contributed by atoms with Gasteiger partial charge in [-0.1, -0.05) is 12.1 Å². The molecule has 0 aliphatic heterocycles. The van der Waals surface area contributed by atoms with Crippen molar-refractivity contribution in [2.24, 2.45) is 11.1 Å². The quantitative estimate of drug-likeness (QED) is 0.809. The highest BCUT2D eigenvalue weighted by molar-refractivity contribution is 7.89. The van der Waals surface area contributed by atoms with Crippen LogP contribution < -0.4 is 5.14 Å². The van der Waals surface area contributed by atoms with Crippen LogP contribution in [0.1, 0.15) is 31.4 Å². The van der Waals surface area contributed by atoms with Crippen molar-refractivity contribution < 1.29 is 13.2 Å². The fourth-order valence-corrected chi connectivity index (χ4v) is 3.03. The predicted octanol–water partition coefficient (Wildman–Crippen LogP) is 1.20. The van der Waals surface area contributed by atoms with Crippen molar-refractivity contribution in [1.82, 2.24) is 9.80 Å². The van der Waals surface area contributed by atoms with E-state index in [4.69, 9.17) is 5.14 Å². The Morgan fingerprint density at radius 2 is 2.00 bits per heavy atom. The van der Waals surface area contributed by atoms with Crippen molar-refractivity contribution in [1.29, 1.82) is 0 Å². The SMILES string of the molecule is CC(c1cccc(S(N)(=O)=O)c1)N(C)CC(=O)N(C)CC1CC1. The van der Waals surface area contributed by atoms with Gasteiger partial charge in [0.2, 0.25) is 15.9 Å². The molecule has 0 saturated heterocycles. The molecule has 1 aromatic rings. The van der Waals surface area contributed by atoms with Crippen LogP contribution in [0.5, 0.6) is 0 Å². The summed E-state index contributed by atoms with van der Waals surface area (Å²) in [6, 6.07) is 6.46. The summed E-state index contributed by atoms with van der Waals surface area (Å²) in [6.45, 7) is 3.06. The van der Waals surface area contributed by atoms with Gasteiger partial charge in [-0.05, 0) is 50.4 Å². The van der Waals surface area contributed by atoms with E-state index in [-0.39, 0.29) is 16.8 Å². The molecule has 1 aliphatic carbocycles. The van der Waals surface area contributed by atoms with Crippen LogP contribution in [0, 0.1) is 5.92 Å². The van der Waals surface area contributed by atoms with E-state index in [9.17, 15) is 13.2 Å². The van der Waals surface area contributed by atoms with Gasteiger partial charge in [0.15, 0.2) is 0 Å². The highest BCUT2D eigenvalue weighted by Crippen LogP contribution is 2.29. The van der Waals surface area contributed by atoms with Gasteiger partial charge < -0.3 is 4.90 Å². The molecule has 2 rings (SSSR count). The van der Waals surface area contributed by atoms with E-state index >= 15 is 0 Å². The maximum absolute atomic E-state index is 12.2. The Morgan fingerprint density at radius 1 is 1.35 bits per heavy atom. The molecule has 1 amide bonds. The van der Waals surface area contributed by atoms with Crippen molar-refractivity contribution in [3.8, 4) is 0 Å². The Hall–Kier alpha value is -1.44. The first-order chi connectivity index (χ1) is 10.7. The van der Waals surface area contributed by atoms with Crippen LogP contribution in [0.2, 0.25) is 0 Å². The van der Waals surface area contributed by atoms with E-state index in [0.717, 1.165) is 12.1 Å². The van der Waals surface area contributed by atoms with Gasteiger partial charge in [0.1, 0.15) is 0 Å². The number of carbonyl (C=O) groups excluding carboxylic acids is 1.